The van der Waals surface area contributed by atoms with Gasteiger partial charge in [-0.2, -0.15) is 0 Å². The maximum absolute atomic E-state index is 5.94. The van der Waals surface area contributed by atoms with Gasteiger partial charge in [0.2, 0.25) is 0 Å². The first-order chi connectivity index (χ1) is 7.76. The SMILES string of the molecule is CCC(CCl)(CCl)COCc1ccccc1. The molecule has 0 aliphatic carbocycles. The third kappa shape index (κ3) is 3.97. The molecular formula is C13H18Cl2O. The maximum Gasteiger partial charge on any atom is 0.0717 e. The van der Waals surface area contributed by atoms with E-state index in [9.17, 15) is 0 Å². The summed E-state index contributed by atoms with van der Waals surface area (Å²) in [4.78, 5) is 0. The van der Waals surface area contributed by atoms with E-state index in [2.05, 4.69) is 19.1 Å². The van der Waals surface area contributed by atoms with Crippen LogP contribution >= 0.6 is 23.2 Å². The summed E-state index contributed by atoms with van der Waals surface area (Å²) >= 11 is 11.9. The van der Waals surface area contributed by atoms with Crippen molar-refractivity contribution < 1.29 is 4.74 Å². The van der Waals surface area contributed by atoms with Gasteiger partial charge in [0.05, 0.1) is 13.2 Å². The molecule has 1 nitrogen and oxygen atoms in total. The molecule has 0 N–H and O–H groups in total. The highest BCUT2D eigenvalue weighted by molar-refractivity contribution is 6.21. The van der Waals surface area contributed by atoms with E-state index in [4.69, 9.17) is 27.9 Å². The van der Waals surface area contributed by atoms with Crippen LogP contribution in [0.25, 0.3) is 0 Å². The van der Waals surface area contributed by atoms with Gasteiger partial charge in [-0.15, -0.1) is 23.2 Å². The lowest BCUT2D eigenvalue weighted by atomic mass is 9.91. The summed E-state index contributed by atoms with van der Waals surface area (Å²) in [7, 11) is 0. The van der Waals surface area contributed by atoms with Crippen LogP contribution in [0.5, 0.6) is 0 Å². The minimum Gasteiger partial charge on any atom is -0.376 e. The second kappa shape index (κ2) is 7.16. The van der Waals surface area contributed by atoms with Crippen LogP contribution in [0.3, 0.4) is 0 Å². The van der Waals surface area contributed by atoms with Crippen LogP contribution in [-0.4, -0.2) is 18.4 Å². The number of hydrogen-bond donors (Lipinski definition) is 0. The highest BCUT2D eigenvalue weighted by Crippen LogP contribution is 2.26. The molecule has 0 unspecified atom stereocenters. The van der Waals surface area contributed by atoms with Crippen molar-refractivity contribution in [2.45, 2.75) is 20.0 Å². The monoisotopic (exact) mass is 260 g/mol. The van der Waals surface area contributed by atoms with E-state index in [1.165, 1.54) is 5.56 Å². The van der Waals surface area contributed by atoms with Crippen LogP contribution in [-0.2, 0) is 11.3 Å². The fourth-order valence-corrected chi connectivity index (χ4v) is 2.18. The van der Waals surface area contributed by atoms with E-state index >= 15 is 0 Å². The Kier molecular flexibility index (Phi) is 6.18. The summed E-state index contributed by atoms with van der Waals surface area (Å²) in [5, 5.41) is 0. The van der Waals surface area contributed by atoms with Gasteiger partial charge >= 0.3 is 0 Å². The Labute approximate surface area is 108 Å². The Morgan fingerprint density at radius 1 is 1.12 bits per heavy atom. The summed E-state index contributed by atoms with van der Waals surface area (Å²) < 4.78 is 5.69. The van der Waals surface area contributed by atoms with Gasteiger partial charge in [-0.05, 0) is 12.0 Å². The average Bonchev–Trinajstić information content (AvgIpc) is 2.37. The van der Waals surface area contributed by atoms with Crippen molar-refractivity contribution in [1.82, 2.24) is 0 Å². The second-order valence-electron chi connectivity index (χ2n) is 4.10. The lowest BCUT2D eigenvalue weighted by Crippen LogP contribution is -2.30. The standard InChI is InChI=1S/C13H18Cl2O/c1-2-13(9-14,10-15)11-16-8-12-6-4-3-5-7-12/h3-7H,2,8-11H2,1H3. The van der Waals surface area contributed by atoms with Crippen LogP contribution in [0.1, 0.15) is 18.9 Å². The maximum atomic E-state index is 5.94. The predicted octanol–water partition coefficient (Wildman–Crippen LogP) is 4.08. The number of benzene rings is 1. The normalized spacial score (nSPS) is 11.7. The molecule has 0 fully saturated rings. The molecule has 0 radical (unpaired) electrons. The minimum atomic E-state index is -0.0854. The molecule has 0 atom stereocenters. The minimum absolute atomic E-state index is 0.0854. The van der Waals surface area contributed by atoms with Gasteiger partial charge in [-0.3, -0.25) is 0 Å². The Morgan fingerprint density at radius 2 is 1.75 bits per heavy atom. The lowest BCUT2D eigenvalue weighted by Gasteiger charge is -2.27. The van der Waals surface area contributed by atoms with E-state index in [1.807, 2.05) is 18.2 Å². The van der Waals surface area contributed by atoms with Crippen LogP contribution < -0.4 is 0 Å². The third-order valence-corrected chi connectivity index (χ3v) is 3.97. The number of halogens is 2. The molecule has 0 aromatic heterocycles. The quantitative estimate of drug-likeness (QED) is 0.672. The molecule has 16 heavy (non-hydrogen) atoms. The first-order valence-corrected chi connectivity index (χ1v) is 6.57. The first-order valence-electron chi connectivity index (χ1n) is 5.50. The summed E-state index contributed by atoms with van der Waals surface area (Å²) in [5.74, 6) is 1.09. The highest BCUT2D eigenvalue weighted by Gasteiger charge is 2.26. The van der Waals surface area contributed by atoms with Crippen molar-refractivity contribution in [3.8, 4) is 0 Å². The van der Waals surface area contributed by atoms with E-state index in [0.717, 1.165) is 6.42 Å². The largest absolute Gasteiger partial charge is 0.376 e. The third-order valence-electron chi connectivity index (χ3n) is 2.84. The average molecular weight is 261 g/mol. The summed E-state index contributed by atoms with van der Waals surface area (Å²) in [5.41, 5.74) is 1.09. The van der Waals surface area contributed by atoms with Crippen LogP contribution in [0.2, 0.25) is 0 Å². The molecule has 3 heteroatoms. The second-order valence-corrected chi connectivity index (χ2v) is 4.63. The molecule has 0 heterocycles. The van der Waals surface area contributed by atoms with Crippen molar-refractivity contribution >= 4 is 23.2 Å². The Balaban J connectivity index is 2.39. The molecule has 0 saturated carbocycles. The van der Waals surface area contributed by atoms with Crippen LogP contribution in [0, 0.1) is 5.41 Å². The predicted molar refractivity (Wildman–Crippen MR) is 70.3 cm³/mol. The number of hydrogen-bond acceptors (Lipinski definition) is 1. The van der Waals surface area contributed by atoms with Crippen molar-refractivity contribution in [3.05, 3.63) is 35.9 Å². The number of rotatable bonds is 7. The van der Waals surface area contributed by atoms with Gasteiger partial charge in [-0.25, -0.2) is 0 Å². The summed E-state index contributed by atoms with van der Waals surface area (Å²) in [6.07, 6.45) is 0.939. The topological polar surface area (TPSA) is 9.23 Å². The zero-order valence-corrected chi connectivity index (χ0v) is 11.1. The fourth-order valence-electron chi connectivity index (χ4n) is 1.36. The van der Waals surface area contributed by atoms with Gasteiger partial charge in [-0.1, -0.05) is 37.3 Å². The fraction of sp³-hybridized carbons (Fsp3) is 0.538. The smallest absolute Gasteiger partial charge is 0.0717 e. The molecule has 0 bridgehead atoms. The number of ether oxygens (including phenoxy) is 1. The molecule has 1 aromatic carbocycles. The summed E-state index contributed by atoms with van der Waals surface area (Å²) in [6.45, 7) is 3.33. The molecule has 1 aromatic rings. The molecule has 1 rings (SSSR count). The van der Waals surface area contributed by atoms with Gasteiger partial charge in [0.25, 0.3) is 0 Å². The molecule has 90 valence electrons. The first kappa shape index (κ1) is 13.8. The molecule has 0 aliphatic rings. The molecule has 0 amide bonds. The van der Waals surface area contributed by atoms with Gasteiger partial charge in [0.1, 0.15) is 0 Å². The zero-order chi connectivity index (χ0) is 11.9. The van der Waals surface area contributed by atoms with E-state index < -0.39 is 0 Å². The Morgan fingerprint density at radius 3 is 2.25 bits per heavy atom. The van der Waals surface area contributed by atoms with Gasteiger partial charge in [0, 0.05) is 17.2 Å². The van der Waals surface area contributed by atoms with Crippen molar-refractivity contribution in [2.75, 3.05) is 18.4 Å². The van der Waals surface area contributed by atoms with Crippen molar-refractivity contribution in [3.63, 3.8) is 0 Å². The molecule has 0 spiro atoms. The lowest BCUT2D eigenvalue weighted by molar-refractivity contribution is 0.0528. The van der Waals surface area contributed by atoms with Crippen molar-refractivity contribution in [1.29, 1.82) is 0 Å². The van der Waals surface area contributed by atoms with Gasteiger partial charge < -0.3 is 4.74 Å². The zero-order valence-electron chi connectivity index (χ0n) is 9.59. The molecular weight excluding hydrogens is 243 g/mol. The van der Waals surface area contributed by atoms with Gasteiger partial charge in [0.15, 0.2) is 0 Å². The summed E-state index contributed by atoms with van der Waals surface area (Å²) in [6, 6.07) is 10.1. The van der Waals surface area contributed by atoms with Crippen LogP contribution in [0.4, 0.5) is 0 Å². The van der Waals surface area contributed by atoms with E-state index in [-0.39, 0.29) is 5.41 Å². The Hall–Kier alpha value is -0.240. The number of alkyl halides is 2. The van der Waals surface area contributed by atoms with E-state index in [0.29, 0.717) is 25.0 Å². The highest BCUT2D eigenvalue weighted by atomic mass is 35.5. The molecule has 0 aliphatic heterocycles. The van der Waals surface area contributed by atoms with Crippen molar-refractivity contribution in [2.24, 2.45) is 5.41 Å². The Bertz CT molecular complexity index is 275. The molecule has 0 saturated heterocycles. The van der Waals surface area contributed by atoms with E-state index in [1.54, 1.807) is 0 Å². The van der Waals surface area contributed by atoms with Crippen LogP contribution in [0.15, 0.2) is 30.3 Å².